The van der Waals surface area contributed by atoms with Crippen molar-refractivity contribution < 1.29 is 5.11 Å². The number of rotatable bonds is 1. The molecule has 0 spiro atoms. The molecule has 0 saturated carbocycles. The van der Waals surface area contributed by atoms with Crippen molar-refractivity contribution in [2.24, 2.45) is 0 Å². The molecule has 0 amide bonds. The molecule has 1 aliphatic rings. The van der Waals surface area contributed by atoms with Crippen molar-refractivity contribution in [3.8, 4) is 11.8 Å². The first kappa shape index (κ1) is 14.8. The van der Waals surface area contributed by atoms with Crippen LogP contribution in [-0.2, 0) is 18.4 Å². The summed E-state index contributed by atoms with van der Waals surface area (Å²) in [6.45, 7) is 0.632. The predicted octanol–water partition coefficient (Wildman–Crippen LogP) is 2.59. The second kappa shape index (κ2) is 5.96. The Bertz CT molecular complexity index is 689. The minimum absolute atomic E-state index is 0.632. The second-order valence-electron chi connectivity index (χ2n) is 6.06. The smallest absolute Gasteiger partial charge is 0.177 e. The monoisotopic (exact) mass is 291 g/mol. The van der Waals surface area contributed by atoms with Gasteiger partial charge in [-0.2, -0.15) is 0 Å². The lowest BCUT2D eigenvalue weighted by molar-refractivity contribution is 0.144. The van der Waals surface area contributed by atoms with Crippen molar-refractivity contribution >= 4 is 0 Å². The number of fused-ring (bicyclic) bond motifs is 2. The average molecular weight is 291 g/mol. The zero-order valence-corrected chi connectivity index (χ0v) is 13.1. The largest absolute Gasteiger partial charge is 0.369 e. The van der Waals surface area contributed by atoms with Crippen LogP contribution in [0.3, 0.4) is 0 Å². The van der Waals surface area contributed by atoms with Crippen LogP contribution in [0.15, 0.2) is 48.5 Å². The Morgan fingerprint density at radius 2 is 1.45 bits per heavy atom. The normalized spacial score (nSPS) is 15.3. The molecule has 1 N–H and O–H groups in total. The molecular weight excluding hydrogens is 270 g/mol. The lowest BCUT2D eigenvalue weighted by atomic mass is 9.84. The van der Waals surface area contributed by atoms with Crippen molar-refractivity contribution in [3.63, 3.8) is 0 Å². The average Bonchev–Trinajstić information content (AvgIpc) is 2.64. The molecule has 112 valence electrons. The fourth-order valence-corrected chi connectivity index (χ4v) is 3.06. The summed E-state index contributed by atoms with van der Waals surface area (Å²) in [7, 11) is 3.96. The lowest BCUT2D eigenvalue weighted by Gasteiger charge is -2.25. The molecular formula is C20H21NO. The van der Waals surface area contributed by atoms with Crippen LogP contribution < -0.4 is 0 Å². The Morgan fingerprint density at radius 3 is 1.95 bits per heavy atom. The van der Waals surface area contributed by atoms with Crippen molar-refractivity contribution in [3.05, 3.63) is 70.8 Å². The quantitative estimate of drug-likeness (QED) is 0.816. The first-order valence-electron chi connectivity index (χ1n) is 7.65. The molecule has 3 rings (SSSR count). The third-order valence-corrected chi connectivity index (χ3v) is 4.14. The molecule has 0 unspecified atom stereocenters. The maximum atomic E-state index is 11.5. The number of aliphatic hydroxyl groups is 1. The van der Waals surface area contributed by atoms with Gasteiger partial charge in [0.05, 0.1) is 6.54 Å². The third kappa shape index (κ3) is 2.66. The summed E-state index contributed by atoms with van der Waals surface area (Å²) >= 11 is 0. The van der Waals surface area contributed by atoms with Crippen molar-refractivity contribution in [2.75, 3.05) is 20.6 Å². The summed E-state index contributed by atoms with van der Waals surface area (Å²) < 4.78 is 0. The lowest BCUT2D eigenvalue weighted by Crippen LogP contribution is -2.27. The fraction of sp³-hybridized carbons (Fsp3) is 0.300. The molecule has 0 aliphatic heterocycles. The van der Waals surface area contributed by atoms with Gasteiger partial charge in [0.2, 0.25) is 0 Å². The van der Waals surface area contributed by atoms with Crippen molar-refractivity contribution in [2.45, 2.75) is 18.4 Å². The van der Waals surface area contributed by atoms with E-state index in [1.165, 1.54) is 11.1 Å². The summed E-state index contributed by atoms with van der Waals surface area (Å²) in [6, 6.07) is 16.2. The number of aryl methyl sites for hydroxylation is 2. The first-order valence-corrected chi connectivity index (χ1v) is 7.65. The van der Waals surface area contributed by atoms with Gasteiger partial charge in [0.25, 0.3) is 0 Å². The van der Waals surface area contributed by atoms with Gasteiger partial charge in [-0.05, 0) is 38.1 Å². The second-order valence-corrected chi connectivity index (χ2v) is 6.06. The molecule has 2 nitrogen and oxygen atoms in total. The van der Waals surface area contributed by atoms with E-state index in [0.29, 0.717) is 6.54 Å². The minimum Gasteiger partial charge on any atom is -0.369 e. The van der Waals surface area contributed by atoms with E-state index in [0.717, 1.165) is 24.0 Å². The predicted molar refractivity (Wildman–Crippen MR) is 89.6 cm³/mol. The Labute approximate surface area is 132 Å². The molecule has 2 aromatic rings. The van der Waals surface area contributed by atoms with Crippen LogP contribution in [-0.4, -0.2) is 30.6 Å². The fourth-order valence-electron chi connectivity index (χ4n) is 3.06. The highest BCUT2D eigenvalue weighted by molar-refractivity contribution is 5.53. The van der Waals surface area contributed by atoms with E-state index < -0.39 is 5.60 Å². The maximum Gasteiger partial charge on any atom is 0.177 e. The van der Waals surface area contributed by atoms with Gasteiger partial charge >= 0.3 is 0 Å². The summed E-state index contributed by atoms with van der Waals surface area (Å²) in [6.07, 6.45) is 1.87. The maximum absolute atomic E-state index is 11.5. The zero-order chi connectivity index (χ0) is 15.6. The van der Waals surface area contributed by atoms with Crippen LogP contribution in [0, 0.1) is 11.8 Å². The van der Waals surface area contributed by atoms with Gasteiger partial charge in [0.1, 0.15) is 0 Å². The summed E-state index contributed by atoms with van der Waals surface area (Å²) in [5.74, 6) is 6.28. The number of hydrogen-bond acceptors (Lipinski definition) is 2. The molecule has 1 aliphatic carbocycles. The van der Waals surface area contributed by atoms with E-state index in [4.69, 9.17) is 0 Å². The van der Waals surface area contributed by atoms with E-state index >= 15 is 0 Å². The van der Waals surface area contributed by atoms with Crippen LogP contribution in [0.4, 0.5) is 0 Å². The van der Waals surface area contributed by atoms with Crippen LogP contribution in [0.1, 0.15) is 22.3 Å². The molecule has 0 saturated heterocycles. The highest BCUT2D eigenvalue weighted by Gasteiger charge is 2.35. The van der Waals surface area contributed by atoms with Crippen LogP contribution in [0.5, 0.6) is 0 Å². The SMILES string of the molecule is CN(C)CC#CC1(O)c2ccccc2CCc2ccccc21. The van der Waals surface area contributed by atoms with E-state index in [1.54, 1.807) is 0 Å². The van der Waals surface area contributed by atoms with Gasteiger partial charge in [-0.3, -0.25) is 4.90 Å². The van der Waals surface area contributed by atoms with Gasteiger partial charge in [-0.25, -0.2) is 0 Å². The molecule has 2 aromatic carbocycles. The Hall–Kier alpha value is -2.08. The Balaban J connectivity index is 2.19. The first-order chi connectivity index (χ1) is 10.6. The summed E-state index contributed by atoms with van der Waals surface area (Å²) in [5, 5.41) is 11.5. The zero-order valence-electron chi connectivity index (χ0n) is 13.1. The van der Waals surface area contributed by atoms with Crippen LogP contribution >= 0.6 is 0 Å². The Kier molecular flexibility index (Phi) is 4.02. The van der Waals surface area contributed by atoms with E-state index in [1.807, 2.05) is 55.4 Å². The van der Waals surface area contributed by atoms with Crippen molar-refractivity contribution in [1.29, 1.82) is 0 Å². The summed E-state index contributed by atoms with van der Waals surface area (Å²) in [4.78, 5) is 2.00. The van der Waals surface area contributed by atoms with Gasteiger partial charge in [-0.1, -0.05) is 60.4 Å². The van der Waals surface area contributed by atoms with E-state index in [9.17, 15) is 5.11 Å². The van der Waals surface area contributed by atoms with Gasteiger partial charge in [0.15, 0.2) is 5.60 Å². The van der Waals surface area contributed by atoms with Crippen LogP contribution in [0.2, 0.25) is 0 Å². The molecule has 22 heavy (non-hydrogen) atoms. The van der Waals surface area contributed by atoms with E-state index in [2.05, 4.69) is 24.0 Å². The number of hydrogen-bond donors (Lipinski definition) is 1. The minimum atomic E-state index is -1.22. The number of nitrogens with zero attached hydrogens (tertiary/aromatic N) is 1. The van der Waals surface area contributed by atoms with Gasteiger partial charge in [-0.15, -0.1) is 0 Å². The van der Waals surface area contributed by atoms with Gasteiger partial charge < -0.3 is 5.11 Å². The molecule has 0 heterocycles. The van der Waals surface area contributed by atoms with Gasteiger partial charge in [0, 0.05) is 11.1 Å². The molecule has 2 heteroatoms. The molecule has 0 atom stereocenters. The third-order valence-electron chi connectivity index (χ3n) is 4.14. The highest BCUT2D eigenvalue weighted by atomic mass is 16.3. The topological polar surface area (TPSA) is 23.5 Å². The van der Waals surface area contributed by atoms with E-state index in [-0.39, 0.29) is 0 Å². The van der Waals surface area contributed by atoms with Crippen molar-refractivity contribution in [1.82, 2.24) is 4.90 Å². The standard InChI is InChI=1S/C20H21NO/c1-21(2)15-7-14-20(22)18-10-5-3-8-16(18)12-13-17-9-4-6-11-19(17)20/h3-6,8-11,22H,12-13,15H2,1-2H3. The Morgan fingerprint density at radius 1 is 0.955 bits per heavy atom. The molecule has 0 aromatic heterocycles. The highest BCUT2D eigenvalue weighted by Crippen LogP contribution is 2.37. The molecule has 0 radical (unpaired) electrons. The molecule has 0 bridgehead atoms. The number of benzene rings is 2. The summed E-state index contributed by atoms with van der Waals surface area (Å²) in [5.41, 5.74) is 2.98. The van der Waals surface area contributed by atoms with Crippen LogP contribution in [0.25, 0.3) is 0 Å². The molecule has 0 fully saturated rings.